The lowest BCUT2D eigenvalue weighted by molar-refractivity contribution is 0.0889. The molecule has 0 heterocycles. The van der Waals surface area contributed by atoms with Crippen LogP contribution in [0.3, 0.4) is 0 Å². The molecule has 0 fully saturated rings. The van der Waals surface area contributed by atoms with Crippen LogP contribution in [0.5, 0.6) is 28.7 Å². The Morgan fingerprint density at radius 1 is 0.750 bits per heavy atom. The van der Waals surface area contributed by atoms with Crippen molar-refractivity contribution >= 4 is 11.6 Å². The summed E-state index contributed by atoms with van der Waals surface area (Å²) >= 11 is 0. The van der Waals surface area contributed by atoms with Crippen LogP contribution in [0.15, 0.2) is 91.0 Å². The van der Waals surface area contributed by atoms with Gasteiger partial charge in [0.25, 0.3) is 0 Å². The van der Waals surface area contributed by atoms with Crippen molar-refractivity contribution in [1.82, 2.24) is 0 Å². The number of phenolic OH excluding ortho intramolecular Hbond substituents is 1. The van der Waals surface area contributed by atoms with Gasteiger partial charge in [0.05, 0.1) is 19.6 Å². The Morgan fingerprint density at radius 2 is 1.32 bits per heavy atom. The Bertz CT molecular complexity index is 1430. The van der Waals surface area contributed by atoms with E-state index in [2.05, 4.69) is 0 Å². The van der Waals surface area contributed by atoms with Gasteiger partial charge in [0.1, 0.15) is 30.3 Å². The van der Waals surface area contributed by atoms with Gasteiger partial charge in [-0.15, -0.1) is 0 Å². The first-order chi connectivity index (χ1) is 19.4. The van der Waals surface area contributed by atoms with E-state index in [9.17, 15) is 14.7 Å². The van der Waals surface area contributed by atoms with Crippen LogP contribution < -0.4 is 18.9 Å². The first-order valence-electron chi connectivity index (χ1n) is 13.0. The predicted molar refractivity (Wildman–Crippen MR) is 152 cm³/mol. The maximum absolute atomic E-state index is 13.4. The van der Waals surface area contributed by atoms with Gasteiger partial charge < -0.3 is 24.1 Å². The Labute approximate surface area is 233 Å². The lowest BCUT2D eigenvalue weighted by atomic mass is 9.99. The van der Waals surface area contributed by atoms with Crippen LogP contribution in [0, 0.1) is 0 Å². The van der Waals surface area contributed by atoms with Crippen molar-refractivity contribution in [2.75, 3.05) is 7.11 Å². The smallest absolute Gasteiger partial charge is 0.204 e. The number of methoxy groups -OCH3 is 1. The van der Waals surface area contributed by atoms with Crippen LogP contribution in [-0.2, 0) is 13.2 Å². The summed E-state index contributed by atoms with van der Waals surface area (Å²) in [5.41, 5.74) is 2.16. The van der Waals surface area contributed by atoms with E-state index < -0.39 is 18.0 Å². The number of phenols is 1. The monoisotopic (exact) mass is 540 g/mol. The topological polar surface area (TPSA) is 91.3 Å². The minimum absolute atomic E-state index is 0.0306. The highest BCUT2D eigenvalue weighted by molar-refractivity contribution is 6.16. The van der Waals surface area contributed by atoms with Crippen molar-refractivity contribution in [3.05, 3.63) is 113 Å². The summed E-state index contributed by atoms with van der Waals surface area (Å²) in [4.78, 5) is 26.4. The summed E-state index contributed by atoms with van der Waals surface area (Å²) < 4.78 is 23.2. The quantitative estimate of drug-likeness (QED) is 0.147. The summed E-state index contributed by atoms with van der Waals surface area (Å²) in [6.45, 7) is 4.19. The highest BCUT2D eigenvalue weighted by Gasteiger charge is 2.28. The molecule has 0 saturated heterocycles. The van der Waals surface area contributed by atoms with Gasteiger partial charge in [-0.05, 0) is 49.2 Å². The largest absolute Gasteiger partial charge is 0.507 e. The molecule has 0 saturated carbocycles. The third kappa shape index (κ3) is 7.20. The van der Waals surface area contributed by atoms with E-state index in [0.717, 1.165) is 11.1 Å². The van der Waals surface area contributed by atoms with Gasteiger partial charge in [-0.25, -0.2) is 0 Å². The van der Waals surface area contributed by atoms with Crippen molar-refractivity contribution < 1.29 is 33.6 Å². The summed E-state index contributed by atoms with van der Waals surface area (Å²) in [5, 5.41) is 10.9. The van der Waals surface area contributed by atoms with Gasteiger partial charge in [-0.2, -0.15) is 0 Å². The zero-order valence-corrected chi connectivity index (χ0v) is 22.8. The number of carbonyl (C=O) groups is 2. The highest BCUT2D eigenvalue weighted by atomic mass is 16.5. The normalized spacial score (nSPS) is 10.7. The van der Waals surface area contributed by atoms with Crippen LogP contribution >= 0.6 is 0 Å². The lowest BCUT2D eigenvalue weighted by Crippen LogP contribution is -2.15. The molecule has 0 unspecified atom stereocenters. The molecule has 0 spiro atoms. The van der Waals surface area contributed by atoms with Crippen LogP contribution in [-0.4, -0.2) is 29.9 Å². The predicted octanol–water partition coefficient (Wildman–Crippen LogP) is 6.80. The molecule has 7 heteroatoms. The lowest BCUT2D eigenvalue weighted by Gasteiger charge is -2.21. The van der Waals surface area contributed by atoms with Gasteiger partial charge in [-0.3, -0.25) is 9.59 Å². The number of Topliss-reactive ketones (excluding diaryl/α,β-unsaturated/α-hetero) is 2. The molecule has 0 bridgehead atoms. The molecule has 0 aromatic heterocycles. The van der Waals surface area contributed by atoms with Crippen molar-refractivity contribution in [3.8, 4) is 28.7 Å². The molecule has 0 aliphatic rings. The minimum atomic E-state index is -0.601. The van der Waals surface area contributed by atoms with E-state index in [1.807, 2.05) is 60.7 Å². The van der Waals surface area contributed by atoms with E-state index in [-0.39, 0.29) is 41.3 Å². The molecule has 4 aromatic carbocycles. The highest BCUT2D eigenvalue weighted by Crippen LogP contribution is 2.46. The molecule has 4 aromatic rings. The molecule has 7 nitrogen and oxygen atoms in total. The van der Waals surface area contributed by atoms with Gasteiger partial charge in [0.2, 0.25) is 5.75 Å². The van der Waals surface area contributed by atoms with Crippen LogP contribution in [0.25, 0.3) is 0 Å². The third-order valence-electron chi connectivity index (χ3n) is 6.00. The number of hydrogen-bond acceptors (Lipinski definition) is 7. The maximum atomic E-state index is 13.4. The van der Waals surface area contributed by atoms with Gasteiger partial charge in [-0.1, -0.05) is 60.7 Å². The molecule has 4 rings (SSSR count). The fraction of sp³-hybridized carbons (Fsp3) is 0.212. The van der Waals surface area contributed by atoms with E-state index in [4.69, 9.17) is 18.9 Å². The number of rotatable bonds is 13. The molecule has 0 radical (unpaired) electrons. The second-order valence-electron chi connectivity index (χ2n) is 9.39. The first kappa shape index (κ1) is 28.2. The number of aromatic hydroxyl groups is 1. The zero-order chi connectivity index (χ0) is 28.5. The Morgan fingerprint density at radius 3 is 1.88 bits per heavy atom. The maximum Gasteiger partial charge on any atom is 0.204 e. The van der Waals surface area contributed by atoms with Gasteiger partial charge in [0.15, 0.2) is 23.1 Å². The molecule has 0 atom stereocenters. The number of hydrogen-bond donors (Lipinski definition) is 1. The third-order valence-corrected chi connectivity index (χ3v) is 6.00. The second-order valence-corrected chi connectivity index (χ2v) is 9.39. The molecular weight excluding hydrogens is 508 g/mol. The van der Waals surface area contributed by atoms with E-state index in [1.54, 1.807) is 38.1 Å². The van der Waals surface area contributed by atoms with Crippen molar-refractivity contribution in [1.29, 1.82) is 0 Å². The molecule has 0 aliphatic carbocycles. The number of carbonyl (C=O) groups excluding carboxylic acids is 2. The average Bonchev–Trinajstić information content (AvgIpc) is 2.96. The van der Waals surface area contributed by atoms with Gasteiger partial charge in [0, 0.05) is 11.6 Å². The summed E-state index contributed by atoms with van der Waals surface area (Å²) in [6.07, 6.45) is -0.817. The van der Waals surface area contributed by atoms with E-state index >= 15 is 0 Å². The number of benzene rings is 4. The van der Waals surface area contributed by atoms with Crippen molar-refractivity contribution in [3.63, 3.8) is 0 Å². The van der Waals surface area contributed by atoms with Crippen LogP contribution in [0.2, 0.25) is 0 Å². The number of ether oxygens (including phenoxy) is 4. The second kappa shape index (κ2) is 13.3. The summed E-state index contributed by atoms with van der Waals surface area (Å²) in [7, 11) is 1.43. The average molecular weight is 541 g/mol. The van der Waals surface area contributed by atoms with Gasteiger partial charge >= 0.3 is 0 Å². The molecular formula is C33H32O7. The minimum Gasteiger partial charge on any atom is -0.507 e. The Balaban J connectivity index is 1.51. The fourth-order valence-corrected chi connectivity index (χ4v) is 4.07. The Kier molecular flexibility index (Phi) is 9.41. The zero-order valence-electron chi connectivity index (χ0n) is 22.8. The molecule has 0 amide bonds. The molecule has 0 aliphatic heterocycles. The van der Waals surface area contributed by atoms with Crippen molar-refractivity contribution in [2.24, 2.45) is 0 Å². The Hall–Kier alpha value is -4.78. The van der Waals surface area contributed by atoms with Crippen LogP contribution in [0.1, 0.15) is 52.1 Å². The first-order valence-corrected chi connectivity index (χ1v) is 13.0. The van der Waals surface area contributed by atoms with Crippen LogP contribution in [0.4, 0.5) is 0 Å². The fourth-order valence-electron chi connectivity index (χ4n) is 4.07. The molecule has 1 N–H and O–H groups in total. The molecule has 40 heavy (non-hydrogen) atoms. The van der Waals surface area contributed by atoms with E-state index in [0.29, 0.717) is 17.9 Å². The number of ketones is 2. The van der Waals surface area contributed by atoms with E-state index in [1.165, 1.54) is 13.2 Å². The summed E-state index contributed by atoms with van der Waals surface area (Å²) in [6, 6.07) is 27.2. The SMILES string of the molecule is COc1c(OCc2ccccc2)cc(O)c(C(=O)CC(=O)c2ccc(OCc3ccccc3)cc2)c1OC(C)C. The summed E-state index contributed by atoms with van der Waals surface area (Å²) in [5.74, 6) is -0.349. The molecule has 206 valence electrons. The standard InChI is InChI=1S/C33H32O7/c1-22(2)40-33-31(29(36)19-30(32(33)37-3)39-21-24-12-8-5-9-13-24)28(35)18-27(34)25-14-16-26(17-15-25)38-20-23-10-6-4-7-11-23/h4-17,19,22,36H,18,20-21H2,1-3H3. The van der Waals surface area contributed by atoms with Crippen molar-refractivity contribution in [2.45, 2.75) is 39.6 Å².